The van der Waals surface area contributed by atoms with E-state index < -0.39 is 6.04 Å². The lowest BCUT2D eigenvalue weighted by atomic mass is 9.97. The van der Waals surface area contributed by atoms with E-state index in [0.717, 1.165) is 16.7 Å². The van der Waals surface area contributed by atoms with Crippen LogP contribution in [0, 0.1) is 13.8 Å². The molecule has 1 aromatic heterocycles. The maximum atomic E-state index is 13.2. The van der Waals surface area contributed by atoms with Crippen LogP contribution in [0.25, 0.3) is 11.0 Å². The Morgan fingerprint density at radius 2 is 1.77 bits per heavy atom. The zero-order valence-electron chi connectivity index (χ0n) is 14.8. The molecule has 4 nitrogen and oxygen atoms in total. The molecular formula is C22H19NO3. The van der Waals surface area contributed by atoms with Crippen LogP contribution >= 0.6 is 0 Å². The van der Waals surface area contributed by atoms with Gasteiger partial charge in [-0.3, -0.25) is 9.59 Å². The highest BCUT2D eigenvalue weighted by molar-refractivity contribution is 5.99. The van der Waals surface area contributed by atoms with Crippen molar-refractivity contribution >= 4 is 16.9 Å². The van der Waals surface area contributed by atoms with Crippen LogP contribution in [-0.2, 0) is 0 Å². The molecule has 2 heterocycles. The van der Waals surface area contributed by atoms with Crippen LogP contribution in [0.4, 0.5) is 0 Å². The number of hydrogen-bond acceptors (Lipinski definition) is 3. The molecular weight excluding hydrogens is 326 g/mol. The molecule has 3 aromatic rings. The Kier molecular flexibility index (Phi) is 3.76. The predicted molar refractivity (Wildman–Crippen MR) is 101 cm³/mol. The minimum absolute atomic E-state index is 0.139. The number of nitrogens with zero attached hydrogens (tertiary/aromatic N) is 1. The Balaban J connectivity index is 2.02. The van der Waals surface area contributed by atoms with Gasteiger partial charge < -0.3 is 9.32 Å². The fourth-order valence-corrected chi connectivity index (χ4v) is 3.55. The van der Waals surface area contributed by atoms with Gasteiger partial charge in [-0.15, -0.1) is 6.58 Å². The van der Waals surface area contributed by atoms with Gasteiger partial charge in [0.25, 0.3) is 5.91 Å². The number of carbonyl (C=O) groups is 1. The number of carbonyl (C=O) groups excluding carboxylic acids is 1. The normalized spacial score (nSPS) is 16.2. The lowest BCUT2D eigenvalue weighted by molar-refractivity contribution is 0.0748. The molecule has 4 heteroatoms. The number of aryl methyl sites for hydroxylation is 2. The average molecular weight is 345 g/mol. The fourth-order valence-electron chi connectivity index (χ4n) is 3.55. The summed E-state index contributed by atoms with van der Waals surface area (Å²) in [6.07, 6.45) is 1.67. The van der Waals surface area contributed by atoms with E-state index in [-0.39, 0.29) is 17.1 Å². The van der Waals surface area contributed by atoms with Crippen molar-refractivity contribution in [2.24, 2.45) is 0 Å². The summed E-state index contributed by atoms with van der Waals surface area (Å²) in [5, 5.41) is 0.500. The SMILES string of the molecule is C=CCN1C(=O)c2oc3cc(C)ccc3c(=O)c2[C@H]1c1ccc(C)cc1. The molecule has 0 unspecified atom stereocenters. The van der Waals surface area contributed by atoms with Gasteiger partial charge in [0.1, 0.15) is 5.58 Å². The first-order valence-corrected chi connectivity index (χ1v) is 8.57. The van der Waals surface area contributed by atoms with Gasteiger partial charge in [-0.05, 0) is 37.1 Å². The highest BCUT2D eigenvalue weighted by atomic mass is 16.3. The fraction of sp³-hybridized carbons (Fsp3) is 0.182. The predicted octanol–water partition coefficient (Wildman–Crippen LogP) is 4.14. The molecule has 2 aromatic carbocycles. The standard InChI is InChI=1S/C22H19NO3/c1-4-11-23-19(15-8-5-13(2)6-9-15)18-20(24)16-10-7-14(3)12-17(16)26-21(18)22(23)25/h4-10,12,19H,1,11H2,2-3H3/t19-/m1/s1. The molecule has 130 valence electrons. The van der Waals surface area contributed by atoms with Gasteiger partial charge >= 0.3 is 0 Å². The van der Waals surface area contributed by atoms with Gasteiger partial charge in [-0.25, -0.2) is 0 Å². The third kappa shape index (κ3) is 2.37. The summed E-state index contributed by atoms with van der Waals surface area (Å²) in [7, 11) is 0. The third-order valence-electron chi connectivity index (χ3n) is 4.84. The van der Waals surface area contributed by atoms with E-state index in [0.29, 0.717) is 23.1 Å². The van der Waals surface area contributed by atoms with E-state index in [1.165, 1.54) is 0 Å². The molecule has 0 bridgehead atoms. The second-order valence-corrected chi connectivity index (χ2v) is 6.73. The van der Waals surface area contributed by atoms with Gasteiger partial charge in [-0.2, -0.15) is 0 Å². The second kappa shape index (κ2) is 5.99. The lowest BCUT2D eigenvalue weighted by Crippen LogP contribution is -2.29. The Hall–Kier alpha value is -3.14. The van der Waals surface area contributed by atoms with E-state index >= 15 is 0 Å². The van der Waals surface area contributed by atoms with Crippen molar-refractivity contribution in [3.63, 3.8) is 0 Å². The van der Waals surface area contributed by atoms with Crippen molar-refractivity contribution < 1.29 is 9.21 Å². The monoisotopic (exact) mass is 345 g/mol. The maximum absolute atomic E-state index is 13.2. The Morgan fingerprint density at radius 1 is 1.08 bits per heavy atom. The summed E-state index contributed by atoms with van der Waals surface area (Å²) >= 11 is 0. The highest BCUT2D eigenvalue weighted by Gasteiger charge is 2.42. The minimum Gasteiger partial charge on any atom is -0.450 e. The Bertz CT molecular complexity index is 1090. The van der Waals surface area contributed by atoms with Crippen molar-refractivity contribution in [2.45, 2.75) is 19.9 Å². The van der Waals surface area contributed by atoms with Crippen LogP contribution in [0.1, 0.15) is 38.9 Å². The lowest BCUT2D eigenvalue weighted by Gasteiger charge is -2.23. The molecule has 1 aliphatic heterocycles. The van der Waals surface area contributed by atoms with Crippen LogP contribution in [0.3, 0.4) is 0 Å². The average Bonchev–Trinajstić information content (AvgIpc) is 2.89. The van der Waals surface area contributed by atoms with E-state index in [1.807, 2.05) is 44.2 Å². The van der Waals surface area contributed by atoms with E-state index in [2.05, 4.69) is 6.58 Å². The molecule has 0 N–H and O–H groups in total. The Labute approximate surface area is 151 Å². The van der Waals surface area contributed by atoms with Crippen molar-refractivity contribution in [1.29, 1.82) is 0 Å². The van der Waals surface area contributed by atoms with Gasteiger partial charge in [0, 0.05) is 6.54 Å². The van der Waals surface area contributed by atoms with Gasteiger partial charge in [0.15, 0.2) is 5.43 Å². The van der Waals surface area contributed by atoms with Crippen LogP contribution in [0.15, 0.2) is 64.3 Å². The third-order valence-corrected chi connectivity index (χ3v) is 4.84. The van der Waals surface area contributed by atoms with Crippen molar-refractivity contribution in [3.8, 4) is 0 Å². The number of hydrogen-bond donors (Lipinski definition) is 0. The van der Waals surface area contributed by atoms with Crippen LogP contribution in [-0.4, -0.2) is 17.4 Å². The molecule has 0 saturated carbocycles. The van der Waals surface area contributed by atoms with E-state index in [1.54, 1.807) is 23.1 Å². The number of amides is 1. The van der Waals surface area contributed by atoms with Crippen molar-refractivity contribution in [1.82, 2.24) is 4.90 Å². The molecule has 0 saturated heterocycles. The topological polar surface area (TPSA) is 50.5 Å². The largest absolute Gasteiger partial charge is 0.450 e. The first kappa shape index (κ1) is 16.3. The quantitative estimate of drug-likeness (QED) is 0.670. The molecule has 0 fully saturated rings. The summed E-state index contributed by atoms with van der Waals surface area (Å²) < 4.78 is 5.90. The first-order chi connectivity index (χ1) is 12.5. The zero-order chi connectivity index (χ0) is 18.4. The summed E-state index contributed by atoms with van der Waals surface area (Å²) in [6.45, 7) is 8.02. The second-order valence-electron chi connectivity index (χ2n) is 6.73. The molecule has 0 spiro atoms. The number of benzene rings is 2. The van der Waals surface area contributed by atoms with Crippen LogP contribution in [0.2, 0.25) is 0 Å². The smallest absolute Gasteiger partial charge is 0.291 e. The maximum Gasteiger partial charge on any atom is 0.291 e. The minimum atomic E-state index is -0.460. The number of fused-ring (bicyclic) bond motifs is 2. The highest BCUT2D eigenvalue weighted by Crippen LogP contribution is 2.38. The van der Waals surface area contributed by atoms with Crippen LogP contribution in [0.5, 0.6) is 0 Å². The summed E-state index contributed by atoms with van der Waals surface area (Å²) in [4.78, 5) is 27.8. The van der Waals surface area contributed by atoms with Gasteiger partial charge in [-0.1, -0.05) is 42.0 Å². The summed E-state index contributed by atoms with van der Waals surface area (Å²) in [6, 6.07) is 12.9. The molecule has 0 aliphatic carbocycles. The molecule has 1 aliphatic rings. The molecule has 1 amide bonds. The van der Waals surface area contributed by atoms with Crippen LogP contribution < -0.4 is 5.43 Å². The van der Waals surface area contributed by atoms with E-state index in [9.17, 15) is 9.59 Å². The summed E-state index contributed by atoms with van der Waals surface area (Å²) in [5.74, 6) is -0.133. The number of rotatable bonds is 3. The molecule has 4 rings (SSSR count). The Morgan fingerprint density at radius 3 is 2.46 bits per heavy atom. The zero-order valence-corrected chi connectivity index (χ0v) is 14.8. The molecule has 0 radical (unpaired) electrons. The van der Waals surface area contributed by atoms with Crippen molar-refractivity contribution in [3.05, 3.63) is 93.4 Å². The van der Waals surface area contributed by atoms with Gasteiger partial charge in [0.05, 0.1) is 17.0 Å². The first-order valence-electron chi connectivity index (χ1n) is 8.57. The summed E-state index contributed by atoms with van der Waals surface area (Å²) in [5.41, 5.74) is 3.70. The molecule has 26 heavy (non-hydrogen) atoms. The van der Waals surface area contributed by atoms with Gasteiger partial charge in [0.2, 0.25) is 5.76 Å². The van der Waals surface area contributed by atoms with Crippen molar-refractivity contribution in [2.75, 3.05) is 6.54 Å². The molecule has 1 atom stereocenters. The van der Waals surface area contributed by atoms with E-state index in [4.69, 9.17) is 4.42 Å².